The van der Waals surface area contributed by atoms with Crippen molar-refractivity contribution in [3.8, 4) is 67.5 Å². The predicted octanol–water partition coefficient (Wildman–Crippen LogP) is 11.3. The number of hydrogen-bond donors (Lipinski definition) is 0. The first-order valence-electron chi connectivity index (χ1n) is 18.2. The molecule has 8 aromatic carbocycles. The van der Waals surface area contributed by atoms with Crippen LogP contribution in [0.2, 0.25) is 13.1 Å². The fourth-order valence-corrected chi connectivity index (χ4v) is 11.8. The van der Waals surface area contributed by atoms with Gasteiger partial charge in [0.25, 0.3) is 0 Å². The van der Waals surface area contributed by atoms with Gasteiger partial charge in [-0.05, 0) is 83.5 Å². The SMILES string of the molecule is C[Si]1(C)c2ccc(-c3nc(-c4cccc(-c5ccccc5)c4)nc(-c4ccc(-c5ccccc5)c5ccccc45)n3)cc2-c2ccc3ccccc3c21. The molecule has 0 saturated heterocycles. The van der Waals surface area contributed by atoms with Crippen molar-refractivity contribution in [2.24, 2.45) is 0 Å². The van der Waals surface area contributed by atoms with Gasteiger partial charge in [0.05, 0.1) is 0 Å². The van der Waals surface area contributed by atoms with Gasteiger partial charge in [0.2, 0.25) is 0 Å². The minimum absolute atomic E-state index is 0.653. The van der Waals surface area contributed by atoms with Crippen LogP contribution in [0.4, 0.5) is 0 Å². The molecule has 0 amide bonds. The largest absolute Gasteiger partial charge is 0.208 e. The Kier molecular flexibility index (Phi) is 7.27. The summed E-state index contributed by atoms with van der Waals surface area (Å²) in [5.41, 5.74) is 10.2. The van der Waals surface area contributed by atoms with Gasteiger partial charge in [0, 0.05) is 16.7 Å². The molecule has 1 aromatic heterocycles. The quantitative estimate of drug-likeness (QED) is 0.168. The summed E-state index contributed by atoms with van der Waals surface area (Å²) < 4.78 is 0. The molecule has 9 aromatic rings. The van der Waals surface area contributed by atoms with Crippen LogP contribution in [0.15, 0.2) is 176 Å². The lowest BCUT2D eigenvalue weighted by Crippen LogP contribution is -2.49. The summed E-state index contributed by atoms with van der Waals surface area (Å²) in [4.78, 5) is 15.8. The molecule has 0 fully saturated rings. The average Bonchev–Trinajstić information content (AvgIpc) is 3.46. The van der Waals surface area contributed by atoms with E-state index in [2.05, 4.69) is 183 Å². The molecular formula is C49H35N3Si. The van der Waals surface area contributed by atoms with E-state index >= 15 is 0 Å². The molecular weight excluding hydrogens is 659 g/mol. The summed E-state index contributed by atoms with van der Waals surface area (Å²) >= 11 is 0. The predicted molar refractivity (Wildman–Crippen MR) is 224 cm³/mol. The second kappa shape index (κ2) is 12.3. The number of aromatic nitrogens is 3. The molecule has 250 valence electrons. The lowest BCUT2D eigenvalue weighted by Gasteiger charge is -2.20. The molecule has 0 radical (unpaired) electrons. The van der Waals surface area contributed by atoms with E-state index in [9.17, 15) is 0 Å². The van der Waals surface area contributed by atoms with Crippen molar-refractivity contribution in [1.29, 1.82) is 0 Å². The molecule has 0 atom stereocenters. The summed E-state index contributed by atoms with van der Waals surface area (Å²) in [7, 11) is -1.95. The van der Waals surface area contributed by atoms with Crippen molar-refractivity contribution in [2.75, 3.05) is 0 Å². The summed E-state index contributed by atoms with van der Waals surface area (Å²) in [6, 6.07) is 62.8. The molecule has 0 bridgehead atoms. The fraction of sp³-hybridized carbons (Fsp3) is 0.0408. The maximum atomic E-state index is 5.29. The van der Waals surface area contributed by atoms with E-state index in [-0.39, 0.29) is 0 Å². The highest BCUT2D eigenvalue weighted by atomic mass is 28.3. The minimum atomic E-state index is -1.95. The topological polar surface area (TPSA) is 38.7 Å². The van der Waals surface area contributed by atoms with Crippen LogP contribution in [-0.4, -0.2) is 23.0 Å². The number of nitrogens with zero attached hydrogens (tertiary/aromatic N) is 3. The van der Waals surface area contributed by atoms with Crippen LogP contribution in [0.25, 0.3) is 89.1 Å². The van der Waals surface area contributed by atoms with Gasteiger partial charge >= 0.3 is 0 Å². The summed E-state index contributed by atoms with van der Waals surface area (Å²) in [6.45, 7) is 4.96. The van der Waals surface area contributed by atoms with Crippen molar-refractivity contribution in [2.45, 2.75) is 13.1 Å². The van der Waals surface area contributed by atoms with Gasteiger partial charge in [0.1, 0.15) is 8.07 Å². The molecule has 53 heavy (non-hydrogen) atoms. The Hall–Kier alpha value is -6.49. The lowest BCUT2D eigenvalue weighted by atomic mass is 9.94. The molecule has 0 saturated carbocycles. The van der Waals surface area contributed by atoms with Crippen molar-refractivity contribution in [1.82, 2.24) is 15.0 Å². The van der Waals surface area contributed by atoms with Crippen molar-refractivity contribution < 1.29 is 0 Å². The van der Waals surface area contributed by atoms with Crippen LogP contribution >= 0.6 is 0 Å². The Balaban J connectivity index is 1.18. The Bertz CT molecular complexity index is 2860. The van der Waals surface area contributed by atoms with Gasteiger partial charge in [-0.3, -0.25) is 0 Å². The molecule has 0 spiro atoms. The summed E-state index contributed by atoms with van der Waals surface area (Å²) in [6.07, 6.45) is 0. The maximum absolute atomic E-state index is 5.29. The molecule has 3 nitrogen and oxygen atoms in total. The molecule has 4 heteroatoms. The molecule has 2 heterocycles. The zero-order valence-electron chi connectivity index (χ0n) is 29.6. The van der Waals surface area contributed by atoms with E-state index in [0.29, 0.717) is 17.5 Å². The Morgan fingerprint density at radius 1 is 0.340 bits per heavy atom. The van der Waals surface area contributed by atoms with Crippen LogP contribution in [0.3, 0.4) is 0 Å². The first-order chi connectivity index (χ1) is 26.0. The van der Waals surface area contributed by atoms with Crippen molar-refractivity contribution in [3.63, 3.8) is 0 Å². The number of benzene rings is 8. The average molecular weight is 694 g/mol. The van der Waals surface area contributed by atoms with Gasteiger partial charge in [-0.25, -0.2) is 15.0 Å². The summed E-state index contributed by atoms with van der Waals surface area (Å²) in [5.74, 6) is 1.98. The number of hydrogen-bond acceptors (Lipinski definition) is 3. The smallest absolute Gasteiger partial charge is 0.164 e. The monoisotopic (exact) mass is 693 g/mol. The zero-order chi connectivity index (χ0) is 35.5. The molecule has 0 aliphatic carbocycles. The van der Waals surface area contributed by atoms with Crippen LogP contribution in [0.1, 0.15) is 0 Å². The van der Waals surface area contributed by atoms with E-state index in [1.54, 1.807) is 0 Å². The Morgan fingerprint density at radius 2 is 0.887 bits per heavy atom. The lowest BCUT2D eigenvalue weighted by molar-refractivity contribution is 1.08. The minimum Gasteiger partial charge on any atom is -0.208 e. The molecule has 1 aliphatic heterocycles. The highest BCUT2D eigenvalue weighted by Crippen LogP contribution is 2.38. The van der Waals surface area contributed by atoms with E-state index in [1.807, 2.05) is 6.07 Å². The summed E-state index contributed by atoms with van der Waals surface area (Å²) in [5, 5.41) is 7.92. The van der Waals surface area contributed by atoms with E-state index in [0.717, 1.165) is 33.2 Å². The Morgan fingerprint density at radius 3 is 1.64 bits per heavy atom. The molecule has 10 rings (SSSR count). The Labute approximate surface area is 310 Å². The van der Waals surface area contributed by atoms with Crippen LogP contribution in [-0.2, 0) is 0 Å². The highest BCUT2D eigenvalue weighted by Gasteiger charge is 2.39. The van der Waals surface area contributed by atoms with Crippen LogP contribution in [0.5, 0.6) is 0 Å². The second-order valence-electron chi connectivity index (χ2n) is 14.4. The third-order valence-electron chi connectivity index (χ3n) is 10.9. The highest BCUT2D eigenvalue weighted by molar-refractivity contribution is 7.05. The van der Waals surface area contributed by atoms with Gasteiger partial charge in [0.15, 0.2) is 17.5 Å². The maximum Gasteiger partial charge on any atom is 0.164 e. The molecule has 1 aliphatic rings. The number of rotatable bonds is 5. The van der Waals surface area contributed by atoms with Crippen LogP contribution < -0.4 is 10.4 Å². The van der Waals surface area contributed by atoms with Gasteiger partial charge in [-0.1, -0.05) is 171 Å². The number of fused-ring (bicyclic) bond motifs is 6. The van der Waals surface area contributed by atoms with Crippen LogP contribution in [0, 0.1) is 0 Å². The van der Waals surface area contributed by atoms with Gasteiger partial charge < -0.3 is 0 Å². The zero-order valence-corrected chi connectivity index (χ0v) is 30.6. The standard InChI is InChI=1S/C49H35N3Si/c1-53(2)45-29-25-37(31-44(45)42-26-24-34-18-9-10-21-39(34)46(42)53)48-50-47(36-20-13-19-35(30-36)32-14-5-3-6-15-32)51-49(52-48)43-28-27-38(33-16-7-4-8-17-33)40-22-11-12-23-41(40)43/h3-31H,1-2H3. The van der Waals surface area contributed by atoms with E-state index < -0.39 is 8.07 Å². The second-order valence-corrected chi connectivity index (χ2v) is 18.7. The van der Waals surface area contributed by atoms with Crippen molar-refractivity contribution in [3.05, 3.63) is 176 Å². The van der Waals surface area contributed by atoms with Gasteiger partial charge in [-0.2, -0.15) is 0 Å². The van der Waals surface area contributed by atoms with Gasteiger partial charge in [-0.15, -0.1) is 0 Å². The van der Waals surface area contributed by atoms with Crippen molar-refractivity contribution >= 4 is 40.0 Å². The first-order valence-corrected chi connectivity index (χ1v) is 21.2. The third kappa shape index (κ3) is 5.22. The van der Waals surface area contributed by atoms with E-state index in [1.165, 1.54) is 48.8 Å². The third-order valence-corrected chi connectivity index (χ3v) is 14.5. The van der Waals surface area contributed by atoms with E-state index in [4.69, 9.17) is 15.0 Å². The fourth-order valence-electron chi connectivity index (χ4n) is 8.34. The molecule has 0 N–H and O–H groups in total. The first kappa shape index (κ1) is 31.3. The normalized spacial score (nSPS) is 12.9. The molecule has 0 unspecified atom stereocenters.